The number of allylic oxidation sites excluding steroid dienone is 2. The lowest BCUT2D eigenvalue weighted by Crippen LogP contribution is -2.24. The molecule has 0 spiro atoms. The fourth-order valence-electron chi connectivity index (χ4n) is 2.93. The SMILES string of the molecule is COc1ccc(NC[C@H]2CC=CCC2)cc1N1CCOC1=O. The summed E-state index contributed by atoms with van der Waals surface area (Å²) >= 11 is 0. The first-order chi connectivity index (χ1) is 10.8. The molecule has 1 saturated heterocycles. The normalized spacial score (nSPS) is 20.9. The summed E-state index contributed by atoms with van der Waals surface area (Å²) < 4.78 is 10.4. The van der Waals surface area contributed by atoms with Crippen LogP contribution in [-0.2, 0) is 4.74 Å². The topological polar surface area (TPSA) is 50.8 Å². The van der Waals surface area contributed by atoms with Crippen molar-refractivity contribution < 1.29 is 14.3 Å². The van der Waals surface area contributed by atoms with E-state index < -0.39 is 0 Å². The van der Waals surface area contributed by atoms with Gasteiger partial charge in [-0.2, -0.15) is 0 Å². The average molecular weight is 302 g/mol. The van der Waals surface area contributed by atoms with E-state index in [-0.39, 0.29) is 6.09 Å². The molecular weight excluding hydrogens is 280 g/mol. The summed E-state index contributed by atoms with van der Waals surface area (Å²) in [4.78, 5) is 13.4. The molecule has 0 aromatic heterocycles. The van der Waals surface area contributed by atoms with Gasteiger partial charge in [0.2, 0.25) is 0 Å². The van der Waals surface area contributed by atoms with E-state index in [0.717, 1.165) is 24.3 Å². The van der Waals surface area contributed by atoms with Crippen molar-refractivity contribution in [3.05, 3.63) is 30.4 Å². The molecule has 1 aromatic carbocycles. The Morgan fingerprint density at radius 1 is 1.41 bits per heavy atom. The third-order valence-corrected chi connectivity index (χ3v) is 4.20. The molecule has 22 heavy (non-hydrogen) atoms. The summed E-state index contributed by atoms with van der Waals surface area (Å²) in [6.07, 6.45) is 7.73. The van der Waals surface area contributed by atoms with E-state index in [2.05, 4.69) is 17.5 Å². The molecule has 1 aromatic rings. The van der Waals surface area contributed by atoms with Crippen molar-refractivity contribution in [1.29, 1.82) is 0 Å². The maximum absolute atomic E-state index is 11.8. The quantitative estimate of drug-likeness (QED) is 0.847. The zero-order chi connectivity index (χ0) is 15.4. The van der Waals surface area contributed by atoms with Gasteiger partial charge in [-0.15, -0.1) is 0 Å². The van der Waals surface area contributed by atoms with Crippen molar-refractivity contribution in [2.75, 3.05) is 37.0 Å². The van der Waals surface area contributed by atoms with Crippen LogP contribution < -0.4 is 15.0 Å². The molecule has 0 bridgehead atoms. The van der Waals surface area contributed by atoms with Crippen LogP contribution in [0, 0.1) is 5.92 Å². The third kappa shape index (κ3) is 3.18. The molecule has 1 heterocycles. The predicted octanol–water partition coefficient (Wildman–Crippen LogP) is 3.42. The van der Waals surface area contributed by atoms with Crippen LogP contribution in [0.3, 0.4) is 0 Å². The van der Waals surface area contributed by atoms with Crippen LogP contribution in [0.4, 0.5) is 16.2 Å². The minimum absolute atomic E-state index is 0.312. The highest BCUT2D eigenvalue weighted by Crippen LogP contribution is 2.33. The van der Waals surface area contributed by atoms with Gasteiger partial charge in [0, 0.05) is 12.2 Å². The van der Waals surface area contributed by atoms with Crippen LogP contribution in [0.5, 0.6) is 5.75 Å². The van der Waals surface area contributed by atoms with Gasteiger partial charge < -0.3 is 14.8 Å². The van der Waals surface area contributed by atoms with Gasteiger partial charge in [-0.05, 0) is 43.4 Å². The Bertz CT molecular complexity index is 571. The molecule has 2 aliphatic rings. The first-order valence-corrected chi connectivity index (χ1v) is 7.79. The molecule has 118 valence electrons. The number of amides is 1. The van der Waals surface area contributed by atoms with Crippen molar-refractivity contribution in [1.82, 2.24) is 0 Å². The van der Waals surface area contributed by atoms with Crippen molar-refractivity contribution in [3.63, 3.8) is 0 Å². The molecule has 1 amide bonds. The van der Waals surface area contributed by atoms with Crippen LogP contribution in [0.25, 0.3) is 0 Å². The second-order valence-corrected chi connectivity index (χ2v) is 5.68. The van der Waals surface area contributed by atoms with Gasteiger partial charge >= 0.3 is 6.09 Å². The first-order valence-electron chi connectivity index (χ1n) is 7.79. The second kappa shape index (κ2) is 6.73. The molecular formula is C17H22N2O3. The summed E-state index contributed by atoms with van der Waals surface area (Å²) in [7, 11) is 1.61. The predicted molar refractivity (Wildman–Crippen MR) is 86.7 cm³/mol. The largest absolute Gasteiger partial charge is 0.495 e. The Morgan fingerprint density at radius 2 is 2.32 bits per heavy atom. The van der Waals surface area contributed by atoms with E-state index in [1.54, 1.807) is 12.0 Å². The molecule has 3 rings (SSSR count). The minimum Gasteiger partial charge on any atom is -0.495 e. The smallest absolute Gasteiger partial charge is 0.414 e. The molecule has 1 aliphatic carbocycles. The van der Waals surface area contributed by atoms with Crippen LogP contribution in [0.1, 0.15) is 19.3 Å². The van der Waals surface area contributed by atoms with Crippen LogP contribution in [0.2, 0.25) is 0 Å². The zero-order valence-electron chi connectivity index (χ0n) is 12.9. The number of carbonyl (C=O) groups is 1. The van der Waals surface area contributed by atoms with E-state index in [1.807, 2.05) is 18.2 Å². The molecule has 5 nitrogen and oxygen atoms in total. The number of benzene rings is 1. The van der Waals surface area contributed by atoms with Crippen LogP contribution in [0.15, 0.2) is 30.4 Å². The molecule has 1 N–H and O–H groups in total. The summed E-state index contributed by atoms with van der Waals surface area (Å²) in [5.74, 6) is 1.36. The molecule has 1 aliphatic heterocycles. The maximum atomic E-state index is 11.8. The second-order valence-electron chi connectivity index (χ2n) is 5.68. The first kappa shape index (κ1) is 14.8. The Morgan fingerprint density at radius 3 is 3.00 bits per heavy atom. The van der Waals surface area contributed by atoms with Crippen molar-refractivity contribution in [2.24, 2.45) is 5.92 Å². The third-order valence-electron chi connectivity index (χ3n) is 4.20. The summed E-state index contributed by atoms with van der Waals surface area (Å²) in [5.41, 5.74) is 1.77. The highest BCUT2D eigenvalue weighted by molar-refractivity contribution is 5.92. The number of cyclic esters (lactones) is 1. The Labute approximate surface area is 130 Å². The standard InChI is InChI=1S/C17H22N2O3/c1-21-16-8-7-14(18-12-13-5-3-2-4-6-13)11-15(16)19-9-10-22-17(19)20/h2-3,7-8,11,13,18H,4-6,9-10,12H2,1H3/t13-/m0/s1. The number of ether oxygens (including phenoxy) is 2. The average Bonchev–Trinajstić information content (AvgIpc) is 2.99. The van der Waals surface area contributed by atoms with Gasteiger partial charge in [0.05, 0.1) is 19.3 Å². The minimum atomic E-state index is -0.312. The van der Waals surface area contributed by atoms with E-state index >= 15 is 0 Å². The van der Waals surface area contributed by atoms with Gasteiger partial charge in [-0.3, -0.25) is 4.90 Å². The molecule has 0 unspecified atom stereocenters. The van der Waals surface area contributed by atoms with Crippen LogP contribution in [-0.4, -0.2) is 32.9 Å². The van der Waals surface area contributed by atoms with E-state index in [4.69, 9.17) is 9.47 Å². The van der Waals surface area contributed by atoms with Gasteiger partial charge in [0.1, 0.15) is 12.4 Å². The van der Waals surface area contributed by atoms with Crippen LogP contribution >= 0.6 is 0 Å². The van der Waals surface area contributed by atoms with Gasteiger partial charge in [0.25, 0.3) is 0 Å². The molecule has 0 saturated carbocycles. The monoisotopic (exact) mass is 302 g/mol. The Hall–Kier alpha value is -2.17. The maximum Gasteiger partial charge on any atom is 0.414 e. The highest BCUT2D eigenvalue weighted by atomic mass is 16.6. The summed E-state index contributed by atoms with van der Waals surface area (Å²) in [6, 6.07) is 5.84. The number of nitrogens with zero attached hydrogens (tertiary/aromatic N) is 1. The van der Waals surface area contributed by atoms with E-state index in [0.29, 0.717) is 24.8 Å². The van der Waals surface area contributed by atoms with Crippen molar-refractivity contribution in [2.45, 2.75) is 19.3 Å². The summed E-state index contributed by atoms with van der Waals surface area (Å²) in [6.45, 7) is 1.93. The number of rotatable bonds is 5. The molecule has 5 heteroatoms. The molecule has 1 atom stereocenters. The Balaban J connectivity index is 1.72. The number of hydrogen-bond acceptors (Lipinski definition) is 4. The fraction of sp³-hybridized carbons (Fsp3) is 0.471. The number of hydrogen-bond donors (Lipinski definition) is 1. The number of carbonyl (C=O) groups excluding carboxylic acids is 1. The van der Waals surface area contributed by atoms with Gasteiger partial charge in [-0.1, -0.05) is 12.2 Å². The van der Waals surface area contributed by atoms with E-state index in [9.17, 15) is 4.79 Å². The number of anilines is 2. The lowest BCUT2D eigenvalue weighted by Gasteiger charge is -2.21. The zero-order valence-corrected chi connectivity index (χ0v) is 12.9. The number of methoxy groups -OCH3 is 1. The van der Waals surface area contributed by atoms with Gasteiger partial charge in [0.15, 0.2) is 0 Å². The molecule has 1 fully saturated rings. The highest BCUT2D eigenvalue weighted by Gasteiger charge is 2.26. The van der Waals surface area contributed by atoms with E-state index in [1.165, 1.54) is 12.8 Å². The fourth-order valence-corrected chi connectivity index (χ4v) is 2.93. The lowest BCUT2D eigenvalue weighted by molar-refractivity contribution is 0.181. The summed E-state index contributed by atoms with van der Waals surface area (Å²) in [5, 5.41) is 3.48. The lowest BCUT2D eigenvalue weighted by atomic mass is 9.94. The van der Waals surface area contributed by atoms with Crippen molar-refractivity contribution >= 4 is 17.5 Å². The Kier molecular flexibility index (Phi) is 4.51. The van der Waals surface area contributed by atoms with Crippen molar-refractivity contribution in [3.8, 4) is 5.75 Å². The number of nitrogens with one attached hydrogen (secondary N) is 1. The molecule has 0 radical (unpaired) electrons. The van der Waals surface area contributed by atoms with Gasteiger partial charge in [-0.25, -0.2) is 4.79 Å².